The Bertz CT molecular complexity index is 1750. The summed E-state index contributed by atoms with van der Waals surface area (Å²) in [4.78, 5) is 42.1. The topological polar surface area (TPSA) is 121 Å². The van der Waals surface area contributed by atoms with Crippen LogP contribution in [-0.4, -0.2) is 47.1 Å². The number of methoxy groups -OCH3 is 1. The molecule has 0 fully saturated rings. The van der Waals surface area contributed by atoms with Gasteiger partial charge in [0, 0.05) is 41.6 Å². The van der Waals surface area contributed by atoms with Crippen LogP contribution in [0.1, 0.15) is 21.5 Å². The van der Waals surface area contributed by atoms with E-state index in [4.69, 9.17) is 4.74 Å². The Balaban J connectivity index is 1.39. The summed E-state index contributed by atoms with van der Waals surface area (Å²) in [6.07, 6.45) is 1.81. The summed E-state index contributed by atoms with van der Waals surface area (Å²) in [5.41, 5.74) is 4.28. The van der Waals surface area contributed by atoms with Gasteiger partial charge in [-0.1, -0.05) is 72.8 Å². The summed E-state index contributed by atoms with van der Waals surface area (Å²) in [5, 5.41) is 16.1. The second-order valence-corrected chi connectivity index (χ2v) is 10.1. The van der Waals surface area contributed by atoms with Crippen LogP contribution in [0.25, 0.3) is 22.0 Å². The number of H-pyrrole nitrogens is 1. The second kappa shape index (κ2) is 13.0. The van der Waals surface area contributed by atoms with Crippen molar-refractivity contribution in [2.75, 3.05) is 7.11 Å². The number of aliphatic carboxylic acids is 1. The van der Waals surface area contributed by atoms with E-state index in [0.717, 1.165) is 45.3 Å². The first kappa shape index (κ1) is 29.1. The molecule has 0 bridgehead atoms. The molecule has 2 atom stereocenters. The van der Waals surface area contributed by atoms with Crippen LogP contribution >= 0.6 is 0 Å². The minimum atomic E-state index is -1.26. The van der Waals surface area contributed by atoms with E-state index in [2.05, 4.69) is 15.6 Å². The van der Waals surface area contributed by atoms with Gasteiger partial charge in [-0.05, 0) is 40.5 Å². The molecule has 1 heterocycles. The second-order valence-electron chi connectivity index (χ2n) is 10.1. The molecule has 0 radical (unpaired) electrons. The van der Waals surface area contributed by atoms with E-state index >= 15 is 0 Å². The third kappa shape index (κ3) is 7.08. The molecule has 9 heteroatoms. The third-order valence-corrected chi connectivity index (χ3v) is 7.21. The SMILES string of the molecule is COc1cc(F)cc(C(=O)N[C@H](Cc2ccc(-c3ccccc3)cc2)C(=O)N[C@@H](Cc2c[nH]c3ccccc23)C(=O)O)c1. The molecule has 0 aliphatic rings. The lowest BCUT2D eigenvalue weighted by Crippen LogP contribution is -2.53. The fourth-order valence-corrected chi connectivity index (χ4v) is 4.95. The van der Waals surface area contributed by atoms with Crippen LogP contribution in [0.4, 0.5) is 4.39 Å². The molecule has 1 aromatic heterocycles. The van der Waals surface area contributed by atoms with Crippen molar-refractivity contribution in [3.05, 3.63) is 126 Å². The molecule has 0 spiro atoms. The van der Waals surface area contributed by atoms with Crippen molar-refractivity contribution in [2.45, 2.75) is 24.9 Å². The van der Waals surface area contributed by atoms with Crippen molar-refractivity contribution in [1.29, 1.82) is 0 Å². The van der Waals surface area contributed by atoms with E-state index < -0.39 is 35.7 Å². The van der Waals surface area contributed by atoms with Gasteiger partial charge in [-0.15, -0.1) is 0 Å². The number of carbonyl (C=O) groups is 3. The summed E-state index contributed by atoms with van der Waals surface area (Å²) in [6, 6.07) is 25.9. The van der Waals surface area contributed by atoms with Crippen molar-refractivity contribution < 1.29 is 28.6 Å². The molecule has 0 aliphatic heterocycles. The van der Waals surface area contributed by atoms with Gasteiger partial charge >= 0.3 is 5.97 Å². The Labute approximate surface area is 247 Å². The number of carboxylic acid groups (broad SMARTS) is 1. The highest BCUT2D eigenvalue weighted by Crippen LogP contribution is 2.22. The normalized spacial score (nSPS) is 12.3. The molecule has 0 saturated carbocycles. The van der Waals surface area contributed by atoms with Crippen LogP contribution in [0, 0.1) is 5.82 Å². The summed E-state index contributed by atoms with van der Waals surface area (Å²) < 4.78 is 19.2. The highest BCUT2D eigenvalue weighted by Gasteiger charge is 2.28. The number of hydrogen-bond donors (Lipinski definition) is 4. The average Bonchev–Trinajstić information content (AvgIpc) is 3.43. The fraction of sp³-hybridized carbons (Fsp3) is 0.147. The largest absolute Gasteiger partial charge is 0.497 e. The maximum atomic E-state index is 14.1. The average molecular weight is 580 g/mol. The van der Waals surface area contributed by atoms with Gasteiger partial charge in [0.1, 0.15) is 23.7 Å². The minimum Gasteiger partial charge on any atom is -0.497 e. The van der Waals surface area contributed by atoms with E-state index in [1.54, 1.807) is 6.20 Å². The molecule has 4 aromatic carbocycles. The van der Waals surface area contributed by atoms with E-state index in [0.29, 0.717) is 0 Å². The number of fused-ring (bicyclic) bond motifs is 1. The van der Waals surface area contributed by atoms with Crippen molar-refractivity contribution >= 4 is 28.7 Å². The van der Waals surface area contributed by atoms with Gasteiger partial charge in [-0.2, -0.15) is 0 Å². The summed E-state index contributed by atoms with van der Waals surface area (Å²) in [6.45, 7) is 0. The molecule has 218 valence electrons. The maximum Gasteiger partial charge on any atom is 0.326 e. The summed E-state index contributed by atoms with van der Waals surface area (Å²) in [7, 11) is 1.35. The van der Waals surface area contributed by atoms with Crippen LogP contribution in [0.15, 0.2) is 103 Å². The lowest BCUT2D eigenvalue weighted by atomic mass is 9.99. The predicted octanol–water partition coefficient (Wildman–Crippen LogP) is 5.14. The van der Waals surface area contributed by atoms with Crippen LogP contribution in [0.3, 0.4) is 0 Å². The van der Waals surface area contributed by atoms with Crippen LogP contribution in [0.2, 0.25) is 0 Å². The zero-order valence-electron chi connectivity index (χ0n) is 23.3. The Kier molecular flexibility index (Phi) is 8.81. The number of nitrogens with one attached hydrogen (secondary N) is 3. The zero-order chi connectivity index (χ0) is 30.3. The van der Waals surface area contributed by atoms with Crippen molar-refractivity contribution in [3.8, 4) is 16.9 Å². The standard InChI is InChI=1S/C34H30FN3O5/c1-43-27-17-24(16-26(35)19-27)32(39)37-30(15-21-11-13-23(14-12-21)22-7-3-2-4-8-22)33(40)38-31(34(41)42)18-25-20-36-29-10-6-5-9-28(25)29/h2-14,16-17,19-20,30-31,36H,15,18H2,1H3,(H,37,39)(H,38,40)(H,41,42)/t30-,31+/m1/s1. The number of hydrogen-bond acceptors (Lipinski definition) is 4. The lowest BCUT2D eigenvalue weighted by molar-refractivity contribution is -0.142. The van der Waals surface area contributed by atoms with E-state index in [-0.39, 0.29) is 24.2 Å². The van der Waals surface area contributed by atoms with Gasteiger partial charge in [0.25, 0.3) is 5.91 Å². The quantitative estimate of drug-likeness (QED) is 0.173. The number of ether oxygens (including phenoxy) is 1. The highest BCUT2D eigenvalue weighted by molar-refractivity contribution is 5.98. The first-order valence-corrected chi connectivity index (χ1v) is 13.7. The monoisotopic (exact) mass is 579 g/mol. The Morgan fingerprint density at radius 3 is 2.26 bits per heavy atom. The van der Waals surface area contributed by atoms with Crippen molar-refractivity contribution in [3.63, 3.8) is 0 Å². The molecule has 0 aliphatic carbocycles. The van der Waals surface area contributed by atoms with Crippen molar-refractivity contribution in [1.82, 2.24) is 15.6 Å². The van der Waals surface area contributed by atoms with Crippen LogP contribution < -0.4 is 15.4 Å². The molecular formula is C34H30FN3O5. The third-order valence-electron chi connectivity index (χ3n) is 7.21. The van der Waals surface area contributed by atoms with Gasteiger partial charge in [0.15, 0.2) is 0 Å². The van der Waals surface area contributed by atoms with E-state index in [1.165, 1.54) is 13.2 Å². The molecule has 4 N–H and O–H groups in total. The molecular weight excluding hydrogens is 549 g/mol. The van der Waals surface area contributed by atoms with Crippen LogP contribution in [-0.2, 0) is 22.4 Å². The number of amides is 2. The first-order valence-electron chi connectivity index (χ1n) is 13.7. The van der Waals surface area contributed by atoms with Gasteiger partial charge in [-0.3, -0.25) is 9.59 Å². The number of benzene rings is 4. The van der Waals surface area contributed by atoms with Crippen molar-refractivity contribution in [2.24, 2.45) is 0 Å². The number of aromatic nitrogens is 1. The number of carboxylic acids is 1. The predicted molar refractivity (Wildman–Crippen MR) is 161 cm³/mol. The molecule has 2 amide bonds. The molecule has 5 rings (SSSR count). The van der Waals surface area contributed by atoms with Crippen LogP contribution in [0.5, 0.6) is 5.75 Å². The highest BCUT2D eigenvalue weighted by atomic mass is 19.1. The van der Waals surface area contributed by atoms with Gasteiger partial charge in [-0.25, -0.2) is 9.18 Å². The maximum absolute atomic E-state index is 14.1. The van der Waals surface area contributed by atoms with Gasteiger partial charge < -0.3 is 25.5 Å². The molecule has 0 unspecified atom stereocenters. The molecule has 43 heavy (non-hydrogen) atoms. The number of rotatable bonds is 11. The summed E-state index contributed by atoms with van der Waals surface area (Å²) in [5.74, 6) is -3.14. The number of para-hydroxylation sites is 1. The summed E-state index contributed by atoms with van der Waals surface area (Å²) >= 11 is 0. The Morgan fingerprint density at radius 1 is 0.837 bits per heavy atom. The minimum absolute atomic E-state index is 0.0264. The number of carbonyl (C=O) groups excluding carboxylic acids is 2. The smallest absolute Gasteiger partial charge is 0.326 e. The molecule has 8 nitrogen and oxygen atoms in total. The fourth-order valence-electron chi connectivity index (χ4n) is 4.95. The Hall–Kier alpha value is -5.44. The first-order chi connectivity index (χ1) is 20.8. The van der Waals surface area contributed by atoms with Gasteiger partial charge in [0.2, 0.25) is 5.91 Å². The van der Waals surface area contributed by atoms with E-state index in [1.807, 2.05) is 78.9 Å². The molecule has 0 saturated heterocycles. The number of aromatic amines is 1. The number of halogens is 1. The zero-order valence-corrected chi connectivity index (χ0v) is 23.3. The van der Waals surface area contributed by atoms with Gasteiger partial charge in [0.05, 0.1) is 7.11 Å². The Morgan fingerprint density at radius 2 is 1.53 bits per heavy atom. The lowest BCUT2D eigenvalue weighted by Gasteiger charge is -2.22. The molecule has 5 aromatic rings. The van der Waals surface area contributed by atoms with E-state index in [9.17, 15) is 23.9 Å².